The van der Waals surface area contributed by atoms with E-state index in [4.69, 9.17) is 24.9 Å². The van der Waals surface area contributed by atoms with Crippen LogP contribution in [-0.2, 0) is 4.74 Å². The highest BCUT2D eigenvalue weighted by Gasteiger charge is 2.26. The van der Waals surface area contributed by atoms with E-state index in [1.807, 2.05) is 57.2 Å². The van der Waals surface area contributed by atoms with Crippen molar-refractivity contribution in [3.63, 3.8) is 0 Å². The number of fused-ring (bicyclic) bond motifs is 2. The molecule has 2 aromatic carbocycles. The zero-order valence-electron chi connectivity index (χ0n) is 38.0. The highest BCUT2D eigenvalue weighted by Crippen LogP contribution is 2.35. The summed E-state index contributed by atoms with van der Waals surface area (Å²) in [4.78, 5) is 53.0. The van der Waals surface area contributed by atoms with Gasteiger partial charge in [0, 0.05) is 74.9 Å². The number of carbonyl (C=O) groups is 3. The summed E-state index contributed by atoms with van der Waals surface area (Å²) in [5.41, 5.74) is 7.94. The van der Waals surface area contributed by atoms with E-state index < -0.39 is 5.60 Å². The van der Waals surface area contributed by atoms with Gasteiger partial charge in [-0.05, 0) is 109 Å². The zero-order valence-corrected chi connectivity index (χ0v) is 43.7. The number of ether oxygens (including phenoxy) is 3. The molecule has 2 aliphatic carbocycles. The number of aromatic nitrogens is 4. The van der Waals surface area contributed by atoms with Crippen LogP contribution in [0.3, 0.4) is 0 Å². The Kier molecular flexibility index (Phi) is 22.1. The maximum absolute atomic E-state index is 12.0. The second-order valence-electron chi connectivity index (χ2n) is 16.5. The fourth-order valence-electron chi connectivity index (χ4n) is 7.26. The van der Waals surface area contributed by atoms with Crippen LogP contribution in [0.1, 0.15) is 93.1 Å². The summed E-state index contributed by atoms with van der Waals surface area (Å²) in [6, 6.07) is 19.4. The third-order valence-electron chi connectivity index (χ3n) is 10.4. The highest BCUT2D eigenvalue weighted by molar-refractivity contribution is 7.59. The Bertz CT molecular complexity index is 2540. The van der Waals surface area contributed by atoms with Crippen molar-refractivity contribution in [3.05, 3.63) is 84.4 Å². The molecule has 0 saturated heterocycles. The van der Waals surface area contributed by atoms with Crippen molar-refractivity contribution >= 4 is 125 Å². The van der Waals surface area contributed by atoms with E-state index >= 15 is 0 Å². The van der Waals surface area contributed by atoms with Crippen molar-refractivity contribution in [2.75, 3.05) is 24.7 Å². The number of alkyl carbamates (subject to hydrolysis) is 1. The number of pyridine rings is 2. The van der Waals surface area contributed by atoms with Crippen LogP contribution in [0.4, 0.5) is 15.1 Å². The third-order valence-corrected chi connectivity index (χ3v) is 12.3. The molecule has 4 aromatic heterocycles. The van der Waals surface area contributed by atoms with Crippen molar-refractivity contribution in [3.8, 4) is 23.0 Å². The summed E-state index contributed by atoms with van der Waals surface area (Å²) in [7, 11) is 3.13. The van der Waals surface area contributed by atoms with Gasteiger partial charge in [0.1, 0.15) is 40.0 Å². The zero-order chi connectivity index (χ0) is 44.5. The number of carbonyl (C=O) groups excluding carboxylic acids is 3. The van der Waals surface area contributed by atoms with Crippen molar-refractivity contribution in [1.29, 1.82) is 0 Å². The van der Waals surface area contributed by atoms with Crippen LogP contribution in [0.15, 0.2) is 73.1 Å². The van der Waals surface area contributed by atoms with Crippen molar-refractivity contribution in [1.82, 2.24) is 35.9 Å². The summed E-state index contributed by atoms with van der Waals surface area (Å²) in [6.45, 7) is 5.59. The van der Waals surface area contributed by atoms with E-state index in [0.29, 0.717) is 52.5 Å². The summed E-state index contributed by atoms with van der Waals surface area (Å²) in [5, 5.41) is 17.0. The molecular formula is C45H62N10O6S6. The lowest BCUT2D eigenvalue weighted by Crippen LogP contribution is -2.42. The number of nitrogens with one attached hydrogen (secondary N) is 5. The predicted molar refractivity (Wildman–Crippen MR) is 289 cm³/mol. The van der Waals surface area contributed by atoms with Crippen molar-refractivity contribution in [2.45, 2.75) is 102 Å². The summed E-state index contributed by atoms with van der Waals surface area (Å²) >= 11 is 3.19. The molecule has 4 heterocycles. The average molecular weight is 1030 g/mol. The second-order valence-corrected chi connectivity index (χ2v) is 18.6. The topological polar surface area (TPSA) is 217 Å². The SMILES string of the molecule is CNC(=O)c1cc(Oc2ccc3nc(NC4CCC(N)CC4)sc3c2)ccn1.CNC(=O)c1cc(Oc2ccc3nc(NC4CCC(NC(=O)OC(C)(C)C)CC4)sc3c2)ccn1.S.S.S.S. The van der Waals surface area contributed by atoms with E-state index in [-0.39, 0.29) is 77.9 Å². The molecule has 0 atom stereocenters. The molecule has 364 valence electrons. The number of hydrogen-bond donors (Lipinski definition) is 6. The second kappa shape index (κ2) is 26.2. The smallest absolute Gasteiger partial charge is 0.407 e. The van der Waals surface area contributed by atoms with Crippen molar-refractivity contribution in [2.24, 2.45) is 5.73 Å². The lowest BCUT2D eigenvalue weighted by Gasteiger charge is -2.30. The minimum absolute atomic E-state index is 0. The monoisotopic (exact) mass is 1030 g/mol. The van der Waals surface area contributed by atoms with Crippen LogP contribution in [0.5, 0.6) is 23.0 Å². The molecule has 3 amide bonds. The van der Waals surface area contributed by atoms with Gasteiger partial charge in [-0.15, -0.1) is 0 Å². The number of thiazole rings is 2. The minimum atomic E-state index is -0.493. The Balaban J connectivity index is 0.000000342. The van der Waals surface area contributed by atoms with Crippen LogP contribution in [0.25, 0.3) is 20.4 Å². The first-order valence-electron chi connectivity index (χ1n) is 21.1. The first-order chi connectivity index (χ1) is 30.3. The van der Waals surface area contributed by atoms with Gasteiger partial charge in [0.05, 0.1) is 20.4 Å². The van der Waals surface area contributed by atoms with Gasteiger partial charge in [-0.2, -0.15) is 54.0 Å². The molecule has 22 heteroatoms. The maximum atomic E-state index is 12.0. The fourth-order valence-corrected chi connectivity index (χ4v) is 9.20. The lowest BCUT2D eigenvalue weighted by atomic mass is 9.91. The quantitative estimate of drug-likeness (QED) is 0.0715. The molecule has 0 unspecified atom stereocenters. The molecule has 2 fully saturated rings. The molecule has 0 aliphatic heterocycles. The van der Waals surface area contributed by atoms with Gasteiger partial charge in [0.25, 0.3) is 11.8 Å². The molecule has 16 nitrogen and oxygen atoms in total. The van der Waals surface area contributed by atoms with E-state index in [1.165, 1.54) is 0 Å². The van der Waals surface area contributed by atoms with Gasteiger partial charge in [-0.25, -0.2) is 14.8 Å². The third kappa shape index (κ3) is 16.5. The maximum Gasteiger partial charge on any atom is 0.407 e. The van der Waals surface area contributed by atoms with Crippen LogP contribution in [0, 0.1) is 0 Å². The summed E-state index contributed by atoms with van der Waals surface area (Å²) in [6.07, 6.45) is 10.7. The number of anilines is 2. The Morgan fingerprint density at radius 3 is 1.42 bits per heavy atom. The Morgan fingerprint density at radius 1 is 0.597 bits per heavy atom. The van der Waals surface area contributed by atoms with Gasteiger partial charge in [0.15, 0.2) is 10.3 Å². The van der Waals surface area contributed by atoms with Crippen LogP contribution < -0.4 is 41.8 Å². The molecule has 7 N–H and O–H groups in total. The molecule has 2 saturated carbocycles. The number of hydrogen-bond acceptors (Lipinski definition) is 15. The highest BCUT2D eigenvalue weighted by atomic mass is 32.1. The first-order valence-corrected chi connectivity index (χ1v) is 22.7. The molecule has 0 radical (unpaired) electrons. The van der Waals surface area contributed by atoms with Crippen LogP contribution in [0.2, 0.25) is 0 Å². The molecule has 0 spiro atoms. The molecular weight excluding hydrogens is 969 g/mol. The molecule has 67 heavy (non-hydrogen) atoms. The number of amides is 3. The van der Waals surface area contributed by atoms with E-state index in [2.05, 4.69) is 41.5 Å². The summed E-state index contributed by atoms with van der Waals surface area (Å²) in [5.74, 6) is 1.95. The van der Waals surface area contributed by atoms with Gasteiger partial charge >= 0.3 is 6.09 Å². The largest absolute Gasteiger partial charge is 0.457 e. The number of benzene rings is 2. The standard InChI is InChI=1S/C25H31N5O4S.C20H23N5O2S.4H2S/c1-25(2,3)34-24(32)29-16-7-5-15(6-8-16)28-23-30-19-10-9-17(14-21(19)35-23)33-18-11-12-27-20(13-18)22(31)26-4;1-22-19(26)17-10-15(8-9-23-17)27-14-6-7-16-18(11-14)28-20(25-16)24-13-4-2-12(21)3-5-13;;;;/h9-16H,5-8H2,1-4H3,(H,26,31)(H,28,30)(H,29,32);6-13H,2-5,21H2,1H3,(H,22,26)(H,24,25);4*1H2. The number of rotatable bonds is 11. The lowest BCUT2D eigenvalue weighted by molar-refractivity contribution is 0.0491. The van der Waals surface area contributed by atoms with E-state index in [1.54, 1.807) is 73.4 Å². The number of nitrogens with two attached hydrogens (primary N) is 1. The van der Waals surface area contributed by atoms with E-state index in [9.17, 15) is 14.4 Å². The molecule has 6 aromatic rings. The normalized spacial score (nSPS) is 17.5. The Hall–Kier alpha value is -4.71. The molecule has 0 bridgehead atoms. The fraction of sp³-hybridized carbons (Fsp3) is 0.400. The van der Waals surface area contributed by atoms with Gasteiger partial charge in [-0.1, -0.05) is 22.7 Å². The Labute approximate surface area is 426 Å². The van der Waals surface area contributed by atoms with Crippen LogP contribution in [-0.4, -0.2) is 81.7 Å². The minimum Gasteiger partial charge on any atom is -0.457 e. The van der Waals surface area contributed by atoms with Gasteiger partial charge < -0.3 is 46.5 Å². The van der Waals surface area contributed by atoms with Crippen molar-refractivity contribution < 1.29 is 28.6 Å². The number of nitrogens with zero attached hydrogens (tertiary/aromatic N) is 4. The Morgan fingerprint density at radius 2 is 1.00 bits per heavy atom. The predicted octanol–water partition coefficient (Wildman–Crippen LogP) is 9.07. The van der Waals surface area contributed by atoms with Crippen LogP contribution >= 0.6 is 76.7 Å². The first kappa shape index (κ1) is 56.6. The molecule has 8 rings (SSSR count). The molecule has 2 aliphatic rings. The van der Waals surface area contributed by atoms with E-state index in [0.717, 1.165) is 82.1 Å². The van der Waals surface area contributed by atoms with Gasteiger partial charge in [0.2, 0.25) is 0 Å². The average Bonchev–Trinajstić information content (AvgIpc) is 3.86. The summed E-state index contributed by atoms with van der Waals surface area (Å²) < 4.78 is 19.3. The van der Waals surface area contributed by atoms with Gasteiger partial charge in [-0.3, -0.25) is 19.6 Å².